The third kappa shape index (κ3) is 3.88. The van der Waals surface area contributed by atoms with Gasteiger partial charge in [-0.2, -0.15) is 0 Å². The summed E-state index contributed by atoms with van der Waals surface area (Å²) in [7, 11) is 0. The lowest BCUT2D eigenvalue weighted by atomic mass is 10.0. The van der Waals surface area contributed by atoms with Crippen molar-refractivity contribution < 1.29 is 19.0 Å². The number of ether oxygens (including phenoxy) is 1. The van der Waals surface area contributed by atoms with Crippen LogP contribution in [0.1, 0.15) is 17.3 Å². The fourth-order valence-corrected chi connectivity index (χ4v) is 3.04. The Morgan fingerprint density at radius 1 is 1.14 bits per heavy atom. The molecule has 144 valence electrons. The topological polar surface area (TPSA) is 68.5 Å². The summed E-state index contributed by atoms with van der Waals surface area (Å²) >= 11 is 12.0. The molecule has 3 rings (SSSR count). The summed E-state index contributed by atoms with van der Waals surface area (Å²) in [6, 6.07) is 9.65. The number of hydrogen-bond acceptors (Lipinski definition) is 3. The van der Waals surface area contributed by atoms with E-state index in [2.05, 4.69) is 0 Å². The summed E-state index contributed by atoms with van der Waals surface area (Å²) in [6.45, 7) is 2.15. The highest BCUT2D eigenvalue weighted by molar-refractivity contribution is 6.42. The monoisotopic (exact) mass is 421 g/mol. The first kappa shape index (κ1) is 19.9. The van der Waals surface area contributed by atoms with Crippen LogP contribution in [0.3, 0.4) is 0 Å². The second-order valence-corrected chi connectivity index (χ2v) is 6.64. The molecule has 0 bridgehead atoms. The third-order valence-electron chi connectivity index (χ3n) is 4.04. The molecule has 0 aliphatic heterocycles. The second kappa shape index (κ2) is 8.04. The molecule has 0 spiro atoms. The number of rotatable bonds is 5. The van der Waals surface area contributed by atoms with Gasteiger partial charge in [0, 0.05) is 12.1 Å². The first-order valence-corrected chi connectivity index (χ1v) is 8.97. The van der Waals surface area contributed by atoms with Crippen LogP contribution in [0.4, 0.5) is 4.39 Å². The molecule has 0 fully saturated rings. The minimum absolute atomic E-state index is 0.185. The maximum atomic E-state index is 13.1. The van der Waals surface area contributed by atoms with Crippen molar-refractivity contribution in [2.24, 2.45) is 0 Å². The fourth-order valence-electron chi connectivity index (χ4n) is 2.74. The highest BCUT2D eigenvalue weighted by Gasteiger charge is 2.23. The Kier molecular flexibility index (Phi) is 5.72. The van der Waals surface area contributed by atoms with Gasteiger partial charge in [0.25, 0.3) is 0 Å². The summed E-state index contributed by atoms with van der Waals surface area (Å²) in [5.74, 6) is -1.84. The van der Waals surface area contributed by atoms with Crippen LogP contribution in [0.15, 0.2) is 53.5 Å². The lowest BCUT2D eigenvalue weighted by Gasteiger charge is -2.17. The van der Waals surface area contributed by atoms with Gasteiger partial charge in [0.2, 0.25) is 5.43 Å². The summed E-state index contributed by atoms with van der Waals surface area (Å²) in [5, 5.41) is 10.2. The number of benzene rings is 2. The number of halogens is 3. The zero-order valence-electron chi connectivity index (χ0n) is 14.6. The van der Waals surface area contributed by atoms with Crippen molar-refractivity contribution in [3.05, 3.63) is 80.3 Å². The van der Waals surface area contributed by atoms with Crippen LogP contribution in [0.25, 0.3) is 11.3 Å². The predicted octanol–water partition coefficient (Wildman–Crippen LogP) is 5.47. The van der Waals surface area contributed by atoms with Gasteiger partial charge in [0.15, 0.2) is 5.75 Å². The minimum Gasteiger partial charge on any atom is -0.477 e. The average Bonchev–Trinajstić information content (AvgIpc) is 2.66. The van der Waals surface area contributed by atoms with Gasteiger partial charge >= 0.3 is 5.97 Å². The van der Waals surface area contributed by atoms with E-state index in [9.17, 15) is 19.1 Å². The molecule has 28 heavy (non-hydrogen) atoms. The Bertz CT molecular complexity index is 1110. The maximum Gasteiger partial charge on any atom is 0.342 e. The molecule has 1 heterocycles. The molecule has 0 aliphatic carbocycles. The van der Waals surface area contributed by atoms with E-state index in [1.807, 2.05) is 0 Å². The van der Waals surface area contributed by atoms with Gasteiger partial charge in [-0.3, -0.25) is 4.79 Å². The van der Waals surface area contributed by atoms with Crippen molar-refractivity contribution in [2.75, 3.05) is 0 Å². The predicted molar refractivity (Wildman–Crippen MR) is 105 cm³/mol. The molecule has 1 N–H and O–H groups in total. The van der Waals surface area contributed by atoms with Crippen LogP contribution < -0.4 is 10.2 Å². The molecule has 0 amide bonds. The van der Waals surface area contributed by atoms with E-state index in [0.29, 0.717) is 17.1 Å². The Hall–Kier alpha value is -2.83. The van der Waals surface area contributed by atoms with Gasteiger partial charge in [0.1, 0.15) is 17.1 Å². The number of nitrogens with zero attached hydrogens (tertiary/aromatic N) is 1. The van der Waals surface area contributed by atoms with Gasteiger partial charge in [-0.1, -0.05) is 29.3 Å². The number of carboxylic acids is 1. The first-order valence-electron chi connectivity index (χ1n) is 8.21. The van der Waals surface area contributed by atoms with Gasteiger partial charge in [-0.05, 0) is 43.3 Å². The number of carbonyl (C=O) groups is 1. The van der Waals surface area contributed by atoms with Crippen molar-refractivity contribution in [1.29, 1.82) is 0 Å². The SMILES string of the molecule is CCn1cc(Oc2ccc(F)cc2)c(=O)c(C(=O)O)c1-c1ccc(Cl)c(Cl)c1. The van der Waals surface area contributed by atoms with E-state index in [4.69, 9.17) is 27.9 Å². The second-order valence-electron chi connectivity index (χ2n) is 5.82. The lowest BCUT2D eigenvalue weighted by molar-refractivity contribution is 0.0695. The van der Waals surface area contributed by atoms with E-state index in [1.54, 1.807) is 17.6 Å². The summed E-state index contributed by atoms with van der Waals surface area (Å²) in [4.78, 5) is 24.8. The van der Waals surface area contributed by atoms with Crippen molar-refractivity contribution in [2.45, 2.75) is 13.5 Å². The Balaban J connectivity index is 2.22. The largest absolute Gasteiger partial charge is 0.477 e. The molecular weight excluding hydrogens is 408 g/mol. The van der Waals surface area contributed by atoms with E-state index in [-0.39, 0.29) is 22.2 Å². The zero-order chi connectivity index (χ0) is 20.4. The molecule has 3 aromatic rings. The molecule has 0 saturated heterocycles. The smallest absolute Gasteiger partial charge is 0.342 e. The molecule has 0 radical (unpaired) electrons. The molecule has 2 aromatic carbocycles. The quantitative estimate of drug-likeness (QED) is 0.592. The van der Waals surface area contributed by atoms with Crippen LogP contribution in [0.2, 0.25) is 10.0 Å². The van der Waals surface area contributed by atoms with Crippen LogP contribution in [0.5, 0.6) is 11.5 Å². The standard InChI is InChI=1S/C20H14Cl2FNO4/c1-2-24-10-16(28-13-6-4-12(23)5-7-13)19(25)17(20(26)27)18(24)11-3-8-14(21)15(22)9-11/h3-10H,2H2,1H3,(H,26,27). The number of pyridine rings is 1. The fraction of sp³-hybridized carbons (Fsp3) is 0.100. The highest BCUT2D eigenvalue weighted by atomic mass is 35.5. The number of aromatic nitrogens is 1. The third-order valence-corrected chi connectivity index (χ3v) is 4.78. The van der Waals surface area contributed by atoms with Crippen molar-refractivity contribution in [1.82, 2.24) is 4.57 Å². The number of carboxylic acid groups (broad SMARTS) is 1. The van der Waals surface area contributed by atoms with Crippen LogP contribution in [-0.2, 0) is 6.54 Å². The molecule has 1 aromatic heterocycles. The first-order chi connectivity index (χ1) is 13.3. The molecule has 0 atom stereocenters. The number of hydrogen-bond donors (Lipinski definition) is 1. The molecule has 0 unspecified atom stereocenters. The lowest BCUT2D eigenvalue weighted by Crippen LogP contribution is -2.22. The van der Waals surface area contributed by atoms with E-state index in [1.165, 1.54) is 42.6 Å². The molecule has 5 nitrogen and oxygen atoms in total. The van der Waals surface area contributed by atoms with Gasteiger partial charge in [0.05, 0.1) is 21.9 Å². The average molecular weight is 422 g/mol. The van der Waals surface area contributed by atoms with E-state index < -0.39 is 22.8 Å². The Labute approximate surface area is 169 Å². The van der Waals surface area contributed by atoms with Crippen LogP contribution in [-0.4, -0.2) is 15.6 Å². The van der Waals surface area contributed by atoms with E-state index >= 15 is 0 Å². The summed E-state index contributed by atoms with van der Waals surface area (Å²) < 4.78 is 20.2. The van der Waals surface area contributed by atoms with Gasteiger partial charge in [-0.15, -0.1) is 0 Å². The van der Waals surface area contributed by atoms with Crippen molar-refractivity contribution >= 4 is 29.2 Å². The van der Waals surface area contributed by atoms with Crippen molar-refractivity contribution in [3.8, 4) is 22.8 Å². The Morgan fingerprint density at radius 3 is 2.39 bits per heavy atom. The molecular formula is C20H14Cl2FNO4. The highest BCUT2D eigenvalue weighted by Crippen LogP contribution is 2.31. The van der Waals surface area contributed by atoms with Crippen LogP contribution in [0, 0.1) is 5.82 Å². The minimum atomic E-state index is -1.40. The van der Waals surface area contributed by atoms with E-state index in [0.717, 1.165) is 0 Å². The zero-order valence-corrected chi connectivity index (χ0v) is 16.1. The summed E-state index contributed by atoms with van der Waals surface area (Å²) in [6.07, 6.45) is 1.41. The molecule has 0 saturated carbocycles. The molecule has 0 aliphatic rings. The van der Waals surface area contributed by atoms with Crippen molar-refractivity contribution in [3.63, 3.8) is 0 Å². The normalized spacial score (nSPS) is 10.7. The van der Waals surface area contributed by atoms with Crippen LogP contribution >= 0.6 is 23.2 Å². The van der Waals surface area contributed by atoms with Gasteiger partial charge in [-0.25, -0.2) is 9.18 Å². The van der Waals surface area contributed by atoms with Gasteiger partial charge < -0.3 is 14.4 Å². The Morgan fingerprint density at radius 2 is 1.82 bits per heavy atom. The summed E-state index contributed by atoms with van der Waals surface area (Å²) in [5.41, 5.74) is -0.647. The number of aryl methyl sites for hydroxylation is 1. The molecule has 8 heteroatoms. The maximum absolute atomic E-state index is 13.1. The number of aromatic carboxylic acids is 1.